The zero-order valence-corrected chi connectivity index (χ0v) is 21.0. The number of fused-ring (bicyclic) bond motifs is 1. The highest BCUT2D eigenvalue weighted by Gasteiger charge is 2.31. The summed E-state index contributed by atoms with van der Waals surface area (Å²) in [5, 5.41) is 17.4. The van der Waals surface area contributed by atoms with Gasteiger partial charge in [-0.1, -0.05) is 0 Å². The molecule has 11 nitrogen and oxygen atoms in total. The lowest BCUT2D eigenvalue weighted by atomic mass is 9.90. The number of nitrogens with zero attached hydrogens (tertiary/aromatic N) is 6. The van der Waals surface area contributed by atoms with Crippen LogP contribution < -0.4 is 15.2 Å². The van der Waals surface area contributed by atoms with Gasteiger partial charge in [0, 0.05) is 25.0 Å². The smallest absolute Gasteiger partial charge is 0.478 e. The number of carboxylic acid groups (broad SMARTS) is 1. The molecule has 15 heteroatoms. The molecule has 0 unspecified atom stereocenters. The van der Waals surface area contributed by atoms with Gasteiger partial charge < -0.3 is 14.7 Å². The molecule has 5 rings (SSSR count). The molecule has 0 aliphatic carbocycles. The minimum absolute atomic E-state index is 0. The first kappa shape index (κ1) is 27.0. The molecule has 1 aliphatic heterocycles. The van der Waals surface area contributed by atoms with Crippen molar-refractivity contribution in [2.75, 3.05) is 18.0 Å². The SMILES string of the molecule is C[C@@H](C1CCN(c2ccc(OC(F)(F)F)cc2)CC1)n1ncc2nc(-n3cc(C(=O)O)cn3)[nH]c(=O)c21.S. The van der Waals surface area contributed by atoms with Gasteiger partial charge in [0.1, 0.15) is 11.3 Å². The second-order valence-electron chi connectivity index (χ2n) is 8.80. The number of halogens is 3. The number of carbonyl (C=O) groups is 1. The van der Waals surface area contributed by atoms with Crippen molar-refractivity contribution in [2.24, 2.45) is 5.92 Å². The van der Waals surface area contributed by atoms with E-state index in [9.17, 15) is 22.8 Å². The van der Waals surface area contributed by atoms with E-state index in [1.54, 1.807) is 16.8 Å². The van der Waals surface area contributed by atoms with E-state index in [4.69, 9.17) is 5.11 Å². The van der Waals surface area contributed by atoms with Gasteiger partial charge in [0.05, 0.1) is 24.0 Å². The molecule has 0 bridgehead atoms. The van der Waals surface area contributed by atoms with Crippen LogP contribution in [0, 0.1) is 5.92 Å². The summed E-state index contributed by atoms with van der Waals surface area (Å²) in [6.07, 6.45) is 0.760. The number of nitrogens with one attached hydrogen (secondary N) is 1. The Hall–Kier alpha value is -4.01. The zero-order valence-electron chi connectivity index (χ0n) is 20.0. The molecule has 2 N–H and O–H groups in total. The van der Waals surface area contributed by atoms with E-state index in [-0.39, 0.29) is 42.7 Å². The number of carboxylic acids is 1. The lowest BCUT2D eigenvalue weighted by Gasteiger charge is -2.36. The third-order valence-corrected chi connectivity index (χ3v) is 6.53. The summed E-state index contributed by atoms with van der Waals surface area (Å²) in [5.41, 5.74) is 1.02. The van der Waals surface area contributed by atoms with Crippen LogP contribution in [0.4, 0.5) is 18.9 Å². The number of anilines is 1. The maximum atomic E-state index is 12.9. The maximum Gasteiger partial charge on any atom is 0.573 e. The fourth-order valence-electron chi connectivity index (χ4n) is 4.62. The van der Waals surface area contributed by atoms with Gasteiger partial charge in [0.2, 0.25) is 5.95 Å². The van der Waals surface area contributed by atoms with Gasteiger partial charge in [-0.05, 0) is 49.9 Å². The topological polar surface area (TPSA) is 131 Å². The first-order chi connectivity index (χ1) is 17.6. The average Bonchev–Trinajstić information content (AvgIpc) is 3.51. The molecule has 38 heavy (non-hydrogen) atoms. The van der Waals surface area contributed by atoms with E-state index in [0.717, 1.165) is 24.7 Å². The average molecular weight is 552 g/mol. The summed E-state index contributed by atoms with van der Waals surface area (Å²) in [6, 6.07) is 5.69. The molecule has 202 valence electrons. The molecule has 4 heterocycles. The van der Waals surface area contributed by atoms with E-state index >= 15 is 0 Å². The molecular formula is C23H24F3N7O4S. The number of hydrogen-bond acceptors (Lipinski definition) is 7. The lowest BCUT2D eigenvalue weighted by molar-refractivity contribution is -0.274. The number of rotatable bonds is 6. The van der Waals surface area contributed by atoms with Gasteiger partial charge in [-0.25, -0.2) is 14.5 Å². The van der Waals surface area contributed by atoms with E-state index in [1.807, 2.05) is 6.92 Å². The fraction of sp³-hybridized carbons (Fsp3) is 0.348. The molecule has 0 amide bonds. The van der Waals surface area contributed by atoms with Crippen LogP contribution >= 0.6 is 13.5 Å². The first-order valence-electron chi connectivity index (χ1n) is 11.5. The molecule has 1 aromatic carbocycles. The van der Waals surface area contributed by atoms with Crippen LogP contribution in [0.5, 0.6) is 5.75 Å². The van der Waals surface area contributed by atoms with Gasteiger partial charge in [-0.15, -0.1) is 13.2 Å². The van der Waals surface area contributed by atoms with Crippen molar-refractivity contribution in [3.8, 4) is 11.7 Å². The van der Waals surface area contributed by atoms with Gasteiger partial charge in [0.25, 0.3) is 5.56 Å². The Morgan fingerprint density at radius 3 is 2.45 bits per heavy atom. The van der Waals surface area contributed by atoms with Crippen molar-refractivity contribution in [2.45, 2.75) is 32.2 Å². The monoisotopic (exact) mass is 551 g/mol. The minimum atomic E-state index is -4.73. The standard InChI is InChI=1S/C23H22F3N7O4.H2S/c1-13(14-6-8-31(9-7-14)16-2-4-17(5-3-16)37-23(24,25)26)33-19-18(11-28-33)29-22(30-20(19)34)32-12-15(10-27-32)21(35)36;/h2-5,10-14H,6-9H2,1H3,(H,35,36)(H,29,30,34);1H2/t13-;/m0./s1. The van der Waals surface area contributed by atoms with Gasteiger partial charge in [-0.3, -0.25) is 14.5 Å². The Balaban J connectivity index is 0.00000336. The molecule has 0 saturated carbocycles. The van der Waals surface area contributed by atoms with Crippen molar-refractivity contribution in [1.29, 1.82) is 0 Å². The summed E-state index contributed by atoms with van der Waals surface area (Å²) >= 11 is 0. The van der Waals surface area contributed by atoms with Crippen LogP contribution in [0.15, 0.2) is 47.7 Å². The van der Waals surface area contributed by atoms with Crippen LogP contribution in [0.1, 0.15) is 36.2 Å². The zero-order chi connectivity index (χ0) is 26.3. The number of benzene rings is 1. The van der Waals surface area contributed by atoms with Crippen LogP contribution in [-0.2, 0) is 0 Å². The maximum absolute atomic E-state index is 12.9. The number of ether oxygens (including phenoxy) is 1. The largest absolute Gasteiger partial charge is 0.573 e. The van der Waals surface area contributed by atoms with Crippen molar-refractivity contribution < 1.29 is 27.8 Å². The first-order valence-corrected chi connectivity index (χ1v) is 11.5. The van der Waals surface area contributed by atoms with Crippen molar-refractivity contribution >= 4 is 36.2 Å². The number of hydrogen-bond donors (Lipinski definition) is 2. The molecule has 1 saturated heterocycles. The quantitative estimate of drug-likeness (QED) is 0.372. The number of H-pyrrole nitrogens is 1. The highest BCUT2D eigenvalue weighted by Crippen LogP contribution is 2.32. The Labute approximate surface area is 220 Å². The molecule has 1 fully saturated rings. The second kappa shape index (κ2) is 10.4. The van der Waals surface area contributed by atoms with Crippen molar-refractivity contribution in [1.82, 2.24) is 29.5 Å². The predicted molar refractivity (Wildman–Crippen MR) is 135 cm³/mol. The Bertz CT molecular complexity index is 1490. The fourth-order valence-corrected chi connectivity index (χ4v) is 4.62. The molecule has 4 aromatic rings. The molecule has 1 aliphatic rings. The number of aromatic nitrogens is 6. The highest BCUT2D eigenvalue weighted by atomic mass is 32.1. The molecule has 0 spiro atoms. The summed E-state index contributed by atoms with van der Waals surface area (Å²) in [6.45, 7) is 3.37. The summed E-state index contributed by atoms with van der Waals surface area (Å²) in [5.74, 6) is -1.12. The van der Waals surface area contributed by atoms with Crippen molar-refractivity contribution in [3.05, 3.63) is 58.8 Å². The predicted octanol–water partition coefficient (Wildman–Crippen LogP) is 3.49. The van der Waals surface area contributed by atoms with Gasteiger partial charge in [0.15, 0.2) is 5.52 Å². The van der Waals surface area contributed by atoms with Crippen LogP contribution in [0.2, 0.25) is 0 Å². The number of piperidine rings is 1. The number of alkyl halides is 3. The highest BCUT2D eigenvalue weighted by molar-refractivity contribution is 7.59. The third-order valence-electron chi connectivity index (χ3n) is 6.53. The summed E-state index contributed by atoms with van der Waals surface area (Å²) in [7, 11) is 0. The molecule has 1 atom stereocenters. The Morgan fingerprint density at radius 1 is 1.16 bits per heavy atom. The molecule has 3 aromatic heterocycles. The summed E-state index contributed by atoms with van der Waals surface area (Å²) < 4.78 is 43.9. The third kappa shape index (κ3) is 5.46. The van der Waals surface area contributed by atoms with E-state index in [2.05, 4.69) is 29.8 Å². The van der Waals surface area contributed by atoms with Crippen LogP contribution in [0.25, 0.3) is 17.0 Å². The van der Waals surface area contributed by atoms with Crippen LogP contribution in [-0.4, -0.2) is 60.1 Å². The van der Waals surface area contributed by atoms with E-state index < -0.39 is 17.9 Å². The van der Waals surface area contributed by atoms with Crippen LogP contribution in [0.3, 0.4) is 0 Å². The number of aromatic carboxylic acids is 1. The van der Waals surface area contributed by atoms with Gasteiger partial charge >= 0.3 is 12.3 Å². The van der Waals surface area contributed by atoms with Crippen molar-refractivity contribution in [3.63, 3.8) is 0 Å². The lowest BCUT2D eigenvalue weighted by Crippen LogP contribution is -2.36. The van der Waals surface area contributed by atoms with Gasteiger partial charge in [-0.2, -0.15) is 23.7 Å². The number of aromatic amines is 1. The minimum Gasteiger partial charge on any atom is -0.478 e. The summed E-state index contributed by atoms with van der Waals surface area (Å²) in [4.78, 5) is 33.2. The normalized spacial score (nSPS) is 15.3. The Kier molecular flexibility index (Phi) is 7.40. The molecule has 0 radical (unpaired) electrons. The van der Waals surface area contributed by atoms with E-state index in [0.29, 0.717) is 24.1 Å². The van der Waals surface area contributed by atoms with E-state index in [1.165, 1.54) is 29.2 Å². The molecular weight excluding hydrogens is 527 g/mol. The second-order valence-corrected chi connectivity index (χ2v) is 8.80. The Morgan fingerprint density at radius 2 is 1.84 bits per heavy atom.